The van der Waals surface area contributed by atoms with E-state index in [2.05, 4.69) is 0 Å². The summed E-state index contributed by atoms with van der Waals surface area (Å²) in [7, 11) is 0. The van der Waals surface area contributed by atoms with E-state index in [1.807, 2.05) is 0 Å². The molecule has 0 aromatic rings. The van der Waals surface area contributed by atoms with Gasteiger partial charge in [0, 0.05) is 17.2 Å². The van der Waals surface area contributed by atoms with Gasteiger partial charge in [-0.15, -0.1) is 0 Å². The van der Waals surface area contributed by atoms with E-state index in [1.54, 1.807) is 0 Å². The van der Waals surface area contributed by atoms with Crippen LogP contribution in [0.5, 0.6) is 0 Å². The molecule has 0 spiro atoms. The lowest BCUT2D eigenvalue weighted by atomic mass is 9.76. The molecule has 0 aliphatic carbocycles. The molecular formula is C10H16F3NO2. The third-order valence-electron chi connectivity index (χ3n) is 2.61. The minimum absolute atomic E-state index is 0.170. The second-order valence-corrected chi connectivity index (χ2v) is 3.54. The molecule has 0 aliphatic rings. The van der Waals surface area contributed by atoms with E-state index in [4.69, 9.17) is 10.8 Å². The van der Waals surface area contributed by atoms with Gasteiger partial charge in [0.1, 0.15) is 0 Å². The van der Waals surface area contributed by atoms with E-state index < -0.39 is 31.4 Å². The van der Waals surface area contributed by atoms with Crippen molar-refractivity contribution in [3.05, 3.63) is 11.8 Å². The topological polar surface area (TPSA) is 63.3 Å². The fourth-order valence-electron chi connectivity index (χ4n) is 1.64. The Bertz CT molecular complexity index is 239. The molecule has 6 heteroatoms. The van der Waals surface area contributed by atoms with E-state index >= 15 is 0 Å². The summed E-state index contributed by atoms with van der Waals surface area (Å²) < 4.78 is 37.1. The van der Waals surface area contributed by atoms with Crippen LogP contribution in [0.1, 0.15) is 19.3 Å². The van der Waals surface area contributed by atoms with Gasteiger partial charge < -0.3 is 10.8 Å². The molecule has 0 fully saturated rings. The van der Waals surface area contributed by atoms with Crippen LogP contribution in [0, 0.1) is 5.41 Å². The zero-order valence-corrected chi connectivity index (χ0v) is 8.89. The Labute approximate surface area is 92.1 Å². The molecule has 0 radical (unpaired) electrons. The summed E-state index contributed by atoms with van der Waals surface area (Å²) in [4.78, 5) is 10.4. The quantitative estimate of drug-likeness (QED) is 0.636. The van der Waals surface area contributed by atoms with E-state index in [9.17, 15) is 18.0 Å². The van der Waals surface area contributed by atoms with Gasteiger partial charge in [0.05, 0.1) is 20.0 Å². The summed E-state index contributed by atoms with van der Waals surface area (Å²) in [6.45, 7) is -2.39. The van der Waals surface area contributed by atoms with E-state index in [-0.39, 0.29) is 25.0 Å². The zero-order chi connectivity index (χ0) is 12.6. The maximum atomic E-state index is 12.4. The van der Waals surface area contributed by atoms with Gasteiger partial charge in [-0.05, 0) is 19.3 Å². The van der Waals surface area contributed by atoms with Crippen LogP contribution < -0.4 is 5.73 Å². The average Bonchev–Trinajstić information content (AvgIpc) is 2.17. The first kappa shape index (κ1) is 14.8. The highest BCUT2D eigenvalue weighted by Gasteiger charge is 2.32. The fourth-order valence-corrected chi connectivity index (χ4v) is 1.64. The highest BCUT2D eigenvalue weighted by Crippen LogP contribution is 2.36. The van der Waals surface area contributed by atoms with Gasteiger partial charge >= 0.3 is 5.97 Å². The standard InChI is InChI=1S/C10H16F3NO2/c11-4-1-10(2-5-12,3-6-13)8(14)7-9(15)16/h7H,1-6,14H2,(H,15,16)/b8-7-. The predicted molar refractivity (Wildman–Crippen MR) is 54.1 cm³/mol. The highest BCUT2D eigenvalue weighted by atomic mass is 19.1. The summed E-state index contributed by atoms with van der Waals surface area (Å²) in [5.74, 6) is -1.31. The van der Waals surface area contributed by atoms with Crippen molar-refractivity contribution in [1.29, 1.82) is 0 Å². The zero-order valence-electron chi connectivity index (χ0n) is 8.89. The van der Waals surface area contributed by atoms with Gasteiger partial charge in [0.2, 0.25) is 0 Å². The number of halogens is 3. The van der Waals surface area contributed by atoms with Gasteiger partial charge in [-0.2, -0.15) is 0 Å². The van der Waals surface area contributed by atoms with Crippen LogP contribution in [-0.2, 0) is 4.79 Å². The van der Waals surface area contributed by atoms with Gasteiger partial charge in [-0.3, -0.25) is 13.2 Å². The number of carboxylic acid groups (broad SMARTS) is 1. The average molecular weight is 239 g/mol. The van der Waals surface area contributed by atoms with Crippen LogP contribution in [-0.4, -0.2) is 31.1 Å². The van der Waals surface area contributed by atoms with Crippen molar-refractivity contribution in [2.45, 2.75) is 19.3 Å². The molecule has 16 heavy (non-hydrogen) atoms. The van der Waals surface area contributed by atoms with Crippen LogP contribution in [0.4, 0.5) is 13.2 Å². The minimum atomic E-state index is -1.31. The Balaban J connectivity index is 5.05. The number of allylic oxidation sites excluding steroid dienone is 1. The molecule has 94 valence electrons. The molecule has 0 rings (SSSR count). The number of hydrogen-bond acceptors (Lipinski definition) is 2. The van der Waals surface area contributed by atoms with Crippen LogP contribution in [0.25, 0.3) is 0 Å². The lowest BCUT2D eigenvalue weighted by molar-refractivity contribution is -0.131. The lowest BCUT2D eigenvalue weighted by Gasteiger charge is -2.31. The number of aliphatic carboxylic acids is 1. The number of carboxylic acids is 1. The Hall–Kier alpha value is -1.20. The van der Waals surface area contributed by atoms with Crippen LogP contribution in [0.3, 0.4) is 0 Å². The number of rotatable bonds is 8. The first-order valence-corrected chi connectivity index (χ1v) is 4.91. The summed E-state index contributed by atoms with van der Waals surface area (Å²) >= 11 is 0. The van der Waals surface area contributed by atoms with Gasteiger partial charge in [-0.25, -0.2) is 4.79 Å². The van der Waals surface area contributed by atoms with E-state index in [0.29, 0.717) is 6.08 Å². The molecule has 0 bridgehead atoms. The smallest absolute Gasteiger partial charge is 0.330 e. The van der Waals surface area contributed by atoms with Crippen molar-refractivity contribution in [1.82, 2.24) is 0 Å². The molecule has 0 aromatic carbocycles. The lowest BCUT2D eigenvalue weighted by Crippen LogP contribution is -2.31. The molecule has 0 unspecified atom stereocenters. The largest absolute Gasteiger partial charge is 0.478 e. The Morgan fingerprint density at radius 1 is 1.12 bits per heavy atom. The molecule has 0 saturated carbocycles. The highest BCUT2D eigenvalue weighted by molar-refractivity contribution is 5.80. The van der Waals surface area contributed by atoms with Crippen molar-refractivity contribution in [3.63, 3.8) is 0 Å². The molecular weight excluding hydrogens is 223 g/mol. The molecule has 3 N–H and O–H groups in total. The third kappa shape index (κ3) is 4.12. The maximum absolute atomic E-state index is 12.4. The predicted octanol–water partition coefficient (Wildman–Crippen LogP) is 1.98. The SMILES string of the molecule is N/C(=C\C(=O)O)C(CCF)(CCF)CCF. The number of hydrogen-bond donors (Lipinski definition) is 2. The second-order valence-electron chi connectivity index (χ2n) is 3.54. The molecule has 0 saturated heterocycles. The van der Waals surface area contributed by atoms with E-state index in [1.165, 1.54) is 0 Å². The second kappa shape index (κ2) is 7.14. The summed E-state index contributed by atoms with van der Waals surface area (Å²) in [5.41, 5.74) is 4.09. The van der Waals surface area contributed by atoms with Crippen molar-refractivity contribution >= 4 is 5.97 Å². The van der Waals surface area contributed by atoms with Crippen LogP contribution in [0.15, 0.2) is 11.8 Å². The van der Waals surface area contributed by atoms with E-state index in [0.717, 1.165) is 0 Å². The monoisotopic (exact) mass is 239 g/mol. The Morgan fingerprint density at radius 2 is 1.50 bits per heavy atom. The maximum Gasteiger partial charge on any atom is 0.330 e. The molecule has 0 aliphatic heterocycles. The van der Waals surface area contributed by atoms with Crippen molar-refractivity contribution in [3.8, 4) is 0 Å². The normalized spacial score (nSPS) is 12.8. The van der Waals surface area contributed by atoms with Crippen LogP contribution in [0.2, 0.25) is 0 Å². The minimum Gasteiger partial charge on any atom is -0.478 e. The molecule has 3 nitrogen and oxygen atoms in total. The summed E-state index contributed by atoms with van der Waals surface area (Å²) in [6.07, 6.45) is 0.171. The van der Waals surface area contributed by atoms with Gasteiger partial charge in [0.25, 0.3) is 0 Å². The molecule has 0 aromatic heterocycles. The third-order valence-corrected chi connectivity index (χ3v) is 2.61. The van der Waals surface area contributed by atoms with Gasteiger partial charge in [0.15, 0.2) is 0 Å². The van der Waals surface area contributed by atoms with Crippen LogP contribution >= 0.6 is 0 Å². The Morgan fingerprint density at radius 3 is 1.75 bits per heavy atom. The summed E-state index contributed by atoms with van der Waals surface area (Å²) in [6, 6.07) is 0. The first-order chi connectivity index (χ1) is 7.52. The molecule has 0 atom stereocenters. The molecule has 0 amide bonds. The Kier molecular flexibility index (Phi) is 6.60. The number of carbonyl (C=O) groups is 1. The van der Waals surface area contributed by atoms with Gasteiger partial charge in [-0.1, -0.05) is 0 Å². The number of alkyl halides is 3. The fraction of sp³-hybridized carbons (Fsp3) is 0.700. The van der Waals surface area contributed by atoms with Crippen molar-refractivity contribution in [2.75, 3.05) is 20.0 Å². The van der Waals surface area contributed by atoms with Crippen molar-refractivity contribution in [2.24, 2.45) is 11.1 Å². The van der Waals surface area contributed by atoms with Crippen molar-refractivity contribution < 1.29 is 23.1 Å². The first-order valence-electron chi connectivity index (χ1n) is 4.91. The number of nitrogens with two attached hydrogens (primary N) is 1. The molecule has 0 heterocycles. The summed E-state index contributed by atoms with van der Waals surface area (Å²) in [5, 5.41) is 8.51.